The molecule has 61 heavy (non-hydrogen) atoms. The Labute approximate surface area is 355 Å². The van der Waals surface area contributed by atoms with Crippen molar-refractivity contribution in [2.75, 3.05) is 0 Å². The predicted octanol–water partition coefficient (Wildman–Crippen LogP) is 15.2. The van der Waals surface area contributed by atoms with E-state index in [1.165, 1.54) is 21.5 Å². The van der Waals surface area contributed by atoms with E-state index in [1.807, 2.05) is 42.5 Å². The minimum Gasteiger partial charge on any atom is -0.455 e. The van der Waals surface area contributed by atoms with Crippen LogP contribution in [-0.2, 0) is 0 Å². The van der Waals surface area contributed by atoms with Crippen LogP contribution >= 0.6 is 11.6 Å². The molecule has 286 valence electrons. The van der Waals surface area contributed by atoms with Gasteiger partial charge in [0.05, 0.1) is 5.52 Å². The summed E-state index contributed by atoms with van der Waals surface area (Å²) in [4.78, 5) is 17.5. The SMILES string of the molecule is Clc1nc(-c2ccc(-c3ccccc3)cc2)nc(-c2ccc(-c3cccc(-c4cccc5c4oc4cc(-c6cccc7c6[nH]c6cc8ccccc8cc67)ccc45)c3)cc2)n1. The zero-order chi connectivity index (χ0) is 40.4. The Morgan fingerprint density at radius 3 is 1.69 bits per heavy atom. The van der Waals surface area contributed by atoms with Gasteiger partial charge < -0.3 is 9.40 Å². The van der Waals surface area contributed by atoms with Gasteiger partial charge >= 0.3 is 0 Å². The monoisotopic (exact) mass is 800 g/mol. The molecule has 0 aliphatic heterocycles. The number of furan rings is 1. The third kappa shape index (κ3) is 6.14. The van der Waals surface area contributed by atoms with Crippen molar-refractivity contribution >= 4 is 66.1 Å². The molecule has 0 atom stereocenters. The molecule has 0 fully saturated rings. The summed E-state index contributed by atoms with van der Waals surface area (Å²) in [5, 5.41) is 7.24. The van der Waals surface area contributed by atoms with Crippen LogP contribution in [0, 0.1) is 0 Å². The number of para-hydroxylation sites is 2. The summed E-state index contributed by atoms with van der Waals surface area (Å²) in [5.74, 6) is 1.05. The first-order valence-electron chi connectivity index (χ1n) is 20.3. The zero-order valence-corrected chi connectivity index (χ0v) is 33.4. The third-order valence-electron chi connectivity index (χ3n) is 11.8. The molecule has 0 radical (unpaired) electrons. The van der Waals surface area contributed by atoms with Gasteiger partial charge in [0, 0.05) is 49.3 Å². The van der Waals surface area contributed by atoms with E-state index < -0.39 is 0 Å². The maximum absolute atomic E-state index is 6.77. The second-order valence-corrected chi connectivity index (χ2v) is 15.8. The Kier molecular flexibility index (Phi) is 8.15. The molecule has 0 spiro atoms. The van der Waals surface area contributed by atoms with Crippen LogP contribution in [0.2, 0.25) is 5.28 Å². The average Bonchev–Trinajstić information content (AvgIpc) is 3.88. The van der Waals surface area contributed by atoms with Crippen LogP contribution in [0.4, 0.5) is 0 Å². The highest BCUT2D eigenvalue weighted by molar-refractivity contribution is 6.28. The van der Waals surface area contributed by atoms with Crippen LogP contribution in [0.1, 0.15) is 0 Å². The molecule has 0 amide bonds. The van der Waals surface area contributed by atoms with Crippen molar-refractivity contribution in [2.24, 2.45) is 0 Å². The smallest absolute Gasteiger partial charge is 0.226 e. The van der Waals surface area contributed by atoms with Gasteiger partial charge in [-0.15, -0.1) is 0 Å². The van der Waals surface area contributed by atoms with E-state index in [9.17, 15) is 0 Å². The van der Waals surface area contributed by atoms with Crippen molar-refractivity contribution < 1.29 is 4.42 Å². The first kappa shape index (κ1) is 35.1. The van der Waals surface area contributed by atoms with E-state index in [4.69, 9.17) is 21.0 Å². The molecule has 6 heteroatoms. The fourth-order valence-electron chi connectivity index (χ4n) is 8.78. The normalized spacial score (nSPS) is 11.7. The van der Waals surface area contributed by atoms with Gasteiger partial charge in [-0.3, -0.25) is 0 Å². The topological polar surface area (TPSA) is 67.6 Å². The molecule has 1 N–H and O–H groups in total. The van der Waals surface area contributed by atoms with Crippen molar-refractivity contribution in [3.05, 3.63) is 199 Å². The summed E-state index contributed by atoms with van der Waals surface area (Å²) < 4.78 is 6.77. The van der Waals surface area contributed by atoms with Crippen molar-refractivity contribution in [3.63, 3.8) is 0 Å². The second-order valence-electron chi connectivity index (χ2n) is 15.4. The molecule has 0 saturated heterocycles. The van der Waals surface area contributed by atoms with E-state index in [2.05, 4.69) is 167 Å². The van der Waals surface area contributed by atoms with Crippen LogP contribution in [0.3, 0.4) is 0 Å². The highest BCUT2D eigenvalue weighted by Crippen LogP contribution is 2.41. The van der Waals surface area contributed by atoms with Gasteiger partial charge in [0.1, 0.15) is 11.2 Å². The number of hydrogen-bond donors (Lipinski definition) is 1. The van der Waals surface area contributed by atoms with E-state index in [0.29, 0.717) is 11.6 Å². The minimum absolute atomic E-state index is 0.153. The molecule has 3 heterocycles. The number of aromatic amines is 1. The standard InChI is InChI=1S/C55H33ClN4O/c56-55-59-53(36-23-19-34(20-24-36)33-9-2-1-3-10-33)58-54(60-55)37-25-21-35(22-26-37)38-13-6-14-41(29-38)44-16-8-18-47-45-28-27-42(32-50(45)61-52(44)47)43-15-7-17-46-48-30-39-11-4-5-12-40(39)31-49(48)57-51(43)46/h1-32,57H. The highest BCUT2D eigenvalue weighted by atomic mass is 35.5. The summed E-state index contributed by atoms with van der Waals surface area (Å²) in [6.07, 6.45) is 0. The van der Waals surface area contributed by atoms with Crippen LogP contribution in [0.15, 0.2) is 199 Å². The Morgan fingerprint density at radius 2 is 0.934 bits per heavy atom. The average molecular weight is 801 g/mol. The van der Waals surface area contributed by atoms with Crippen molar-refractivity contribution in [2.45, 2.75) is 0 Å². The number of benzene rings is 9. The summed E-state index contributed by atoms with van der Waals surface area (Å²) in [6.45, 7) is 0. The Morgan fingerprint density at radius 1 is 0.377 bits per heavy atom. The van der Waals surface area contributed by atoms with E-state index in [0.717, 1.165) is 88.6 Å². The summed E-state index contributed by atoms with van der Waals surface area (Å²) in [7, 11) is 0. The lowest BCUT2D eigenvalue weighted by atomic mass is 9.97. The summed E-state index contributed by atoms with van der Waals surface area (Å²) >= 11 is 6.46. The number of nitrogens with one attached hydrogen (secondary N) is 1. The summed E-state index contributed by atoms with van der Waals surface area (Å²) in [5.41, 5.74) is 14.5. The van der Waals surface area contributed by atoms with Gasteiger partial charge in [-0.05, 0) is 86.1 Å². The quantitative estimate of drug-likeness (QED) is 0.182. The molecule has 5 nitrogen and oxygen atoms in total. The van der Waals surface area contributed by atoms with E-state index in [-0.39, 0.29) is 5.28 Å². The molecule has 12 rings (SSSR count). The number of nitrogens with zero attached hydrogens (tertiary/aromatic N) is 3. The van der Waals surface area contributed by atoms with Crippen LogP contribution in [0.25, 0.3) is 122 Å². The zero-order valence-electron chi connectivity index (χ0n) is 32.6. The lowest BCUT2D eigenvalue weighted by Gasteiger charge is -2.09. The third-order valence-corrected chi connectivity index (χ3v) is 12.0. The van der Waals surface area contributed by atoms with Gasteiger partial charge in [0.25, 0.3) is 0 Å². The highest BCUT2D eigenvalue weighted by Gasteiger charge is 2.17. The van der Waals surface area contributed by atoms with Crippen molar-refractivity contribution in [3.8, 4) is 67.3 Å². The van der Waals surface area contributed by atoms with E-state index in [1.54, 1.807) is 0 Å². The molecule has 0 aliphatic carbocycles. The van der Waals surface area contributed by atoms with Gasteiger partial charge in [0.15, 0.2) is 11.6 Å². The number of halogens is 1. The maximum Gasteiger partial charge on any atom is 0.226 e. The predicted molar refractivity (Wildman–Crippen MR) is 252 cm³/mol. The van der Waals surface area contributed by atoms with Crippen LogP contribution < -0.4 is 0 Å². The lowest BCUT2D eigenvalue weighted by molar-refractivity contribution is 0.670. The molecular weight excluding hydrogens is 768 g/mol. The molecule has 0 saturated carbocycles. The molecule has 9 aromatic carbocycles. The van der Waals surface area contributed by atoms with Gasteiger partial charge in [-0.25, -0.2) is 4.98 Å². The molecule has 12 aromatic rings. The number of H-pyrrole nitrogens is 1. The fraction of sp³-hybridized carbons (Fsp3) is 0. The van der Waals surface area contributed by atoms with Gasteiger partial charge in [0.2, 0.25) is 5.28 Å². The first-order valence-corrected chi connectivity index (χ1v) is 20.6. The number of rotatable bonds is 6. The number of aromatic nitrogens is 4. The Bertz CT molecular complexity index is 3650. The largest absolute Gasteiger partial charge is 0.455 e. The van der Waals surface area contributed by atoms with E-state index >= 15 is 0 Å². The fourth-order valence-corrected chi connectivity index (χ4v) is 8.94. The van der Waals surface area contributed by atoms with Gasteiger partial charge in [-0.2, -0.15) is 9.97 Å². The second kappa shape index (κ2) is 14.2. The van der Waals surface area contributed by atoms with Gasteiger partial charge in [-0.1, -0.05) is 164 Å². The molecular formula is C55H33ClN4O. The number of fused-ring (bicyclic) bond motifs is 7. The summed E-state index contributed by atoms with van der Waals surface area (Å²) in [6, 6.07) is 67.9. The van der Waals surface area contributed by atoms with Crippen LogP contribution in [-0.4, -0.2) is 19.9 Å². The number of hydrogen-bond acceptors (Lipinski definition) is 4. The van der Waals surface area contributed by atoms with Crippen molar-refractivity contribution in [1.29, 1.82) is 0 Å². The molecule has 3 aromatic heterocycles. The Hall–Kier alpha value is -7.86. The maximum atomic E-state index is 6.77. The Balaban J connectivity index is 0.854. The lowest BCUT2D eigenvalue weighted by Crippen LogP contribution is -1.97. The minimum atomic E-state index is 0.153. The first-order chi connectivity index (χ1) is 30.1. The van der Waals surface area contributed by atoms with Crippen molar-refractivity contribution in [1.82, 2.24) is 19.9 Å². The van der Waals surface area contributed by atoms with Crippen LogP contribution in [0.5, 0.6) is 0 Å². The molecule has 0 aliphatic rings. The molecule has 0 bridgehead atoms. The molecule has 0 unspecified atom stereocenters.